The summed E-state index contributed by atoms with van der Waals surface area (Å²) in [5.74, 6) is 1.41. The fraction of sp³-hybridized carbons (Fsp3) is 0.250. The number of hydrogen-bond acceptors (Lipinski definition) is 3. The Balaban J connectivity index is 2.26. The third-order valence-corrected chi connectivity index (χ3v) is 3.63. The van der Waals surface area contributed by atoms with Gasteiger partial charge in [0.05, 0.1) is 10.6 Å². The van der Waals surface area contributed by atoms with Crippen molar-refractivity contribution in [2.75, 3.05) is 6.61 Å². The van der Waals surface area contributed by atoms with Crippen LogP contribution >= 0.6 is 15.9 Å². The summed E-state index contributed by atoms with van der Waals surface area (Å²) in [5, 5.41) is 18.6. The summed E-state index contributed by atoms with van der Waals surface area (Å²) < 4.78 is 6.67. The van der Waals surface area contributed by atoms with Crippen LogP contribution in [0.15, 0.2) is 46.9 Å². The van der Waals surface area contributed by atoms with Gasteiger partial charge < -0.3 is 14.9 Å². The zero-order chi connectivity index (χ0) is 14.5. The van der Waals surface area contributed by atoms with E-state index in [0.29, 0.717) is 12.2 Å². The van der Waals surface area contributed by atoms with Crippen LogP contribution in [0.4, 0.5) is 0 Å². The zero-order valence-electron chi connectivity index (χ0n) is 11.2. The van der Waals surface area contributed by atoms with Crippen molar-refractivity contribution < 1.29 is 14.9 Å². The number of aliphatic hydroxyl groups is 2. The number of benzene rings is 2. The fourth-order valence-electron chi connectivity index (χ4n) is 1.91. The van der Waals surface area contributed by atoms with Gasteiger partial charge in [-0.1, -0.05) is 24.3 Å². The van der Waals surface area contributed by atoms with Gasteiger partial charge in [0.25, 0.3) is 0 Å². The molecule has 0 radical (unpaired) electrons. The van der Waals surface area contributed by atoms with E-state index < -0.39 is 6.10 Å². The van der Waals surface area contributed by atoms with Gasteiger partial charge in [-0.2, -0.15) is 0 Å². The third-order valence-electron chi connectivity index (χ3n) is 3.01. The van der Waals surface area contributed by atoms with E-state index in [1.165, 1.54) is 0 Å². The molecule has 106 valence electrons. The van der Waals surface area contributed by atoms with Gasteiger partial charge in [0.15, 0.2) is 0 Å². The topological polar surface area (TPSA) is 49.7 Å². The molecule has 0 amide bonds. The molecule has 0 saturated heterocycles. The standard InChI is InChI=1S/C16H17BrO3/c1-11(19)13-6-7-16(14(17)10-13)20-15-5-3-2-4-12(15)8-9-18/h2-7,10-11,18-19H,8-9H2,1H3/t11-/m0/s1. The average Bonchev–Trinajstić information content (AvgIpc) is 2.43. The first-order valence-electron chi connectivity index (χ1n) is 6.46. The van der Waals surface area contributed by atoms with E-state index in [1.807, 2.05) is 42.5 Å². The zero-order valence-corrected chi connectivity index (χ0v) is 12.8. The summed E-state index contributed by atoms with van der Waals surface area (Å²) >= 11 is 3.45. The van der Waals surface area contributed by atoms with Gasteiger partial charge in [0.1, 0.15) is 11.5 Å². The van der Waals surface area contributed by atoms with Gasteiger partial charge in [-0.3, -0.25) is 0 Å². The number of para-hydroxylation sites is 1. The quantitative estimate of drug-likeness (QED) is 0.872. The van der Waals surface area contributed by atoms with Crippen LogP contribution in [0.2, 0.25) is 0 Å². The lowest BCUT2D eigenvalue weighted by Crippen LogP contribution is -1.96. The maximum absolute atomic E-state index is 9.55. The van der Waals surface area contributed by atoms with Crippen molar-refractivity contribution >= 4 is 15.9 Å². The summed E-state index contributed by atoms with van der Waals surface area (Å²) in [7, 11) is 0. The van der Waals surface area contributed by atoms with Crippen molar-refractivity contribution in [2.45, 2.75) is 19.4 Å². The number of ether oxygens (including phenoxy) is 1. The molecule has 0 aromatic heterocycles. The first-order chi connectivity index (χ1) is 9.61. The summed E-state index contributed by atoms with van der Waals surface area (Å²) in [6, 6.07) is 13.1. The number of rotatable bonds is 5. The van der Waals surface area contributed by atoms with E-state index in [1.54, 1.807) is 6.92 Å². The predicted octanol–water partition coefficient (Wildman–Crippen LogP) is 3.83. The molecule has 2 aromatic carbocycles. The second-order valence-corrected chi connectivity index (χ2v) is 5.40. The summed E-state index contributed by atoms with van der Waals surface area (Å²) in [6.45, 7) is 1.81. The maximum Gasteiger partial charge on any atom is 0.141 e. The van der Waals surface area contributed by atoms with Gasteiger partial charge >= 0.3 is 0 Å². The molecule has 2 rings (SSSR count). The third kappa shape index (κ3) is 3.60. The highest BCUT2D eigenvalue weighted by Gasteiger charge is 2.09. The first kappa shape index (κ1) is 15.0. The lowest BCUT2D eigenvalue weighted by atomic mass is 10.1. The molecule has 0 spiro atoms. The molecule has 0 bridgehead atoms. The van der Waals surface area contributed by atoms with Crippen molar-refractivity contribution in [3.05, 3.63) is 58.1 Å². The van der Waals surface area contributed by atoms with Crippen LogP contribution in [-0.2, 0) is 6.42 Å². The highest BCUT2D eigenvalue weighted by atomic mass is 79.9. The van der Waals surface area contributed by atoms with Gasteiger partial charge in [-0.15, -0.1) is 0 Å². The van der Waals surface area contributed by atoms with Gasteiger partial charge in [-0.25, -0.2) is 0 Å². The Labute approximate surface area is 127 Å². The predicted molar refractivity (Wildman–Crippen MR) is 82.1 cm³/mol. The highest BCUT2D eigenvalue weighted by Crippen LogP contribution is 2.33. The van der Waals surface area contributed by atoms with E-state index in [-0.39, 0.29) is 6.61 Å². The smallest absolute Gasteiger partial charge is 0.141 e. The molecule has 3 nitrogen and oxygen atoms in total. The van der Waals surface area contributed by atoms with Crippen LogP contribution in [0.5, 0.6) is 11.5 Å². The van der Waals surface area contributed by atoms with Gasteiger partial charge in [0.2, 0.25) is 0 Å². The van der Waals surface area contributed by atoms with E-state index in [2.05, 4.69) is 15.9 Å². The van der Waals surface area contributed by atoms with E-state index in [0.717, 1.165) is 21.3 Å². The second kappa shape index (κ2) is 6.88. The summed E-state index contributed by atoms with van der Waals surface area (Å²) in [6.07, 6.45) is 0.0431. The molecule has 0 aliphatic rings. The molecule has 2 aromatic rings. The van der Waals surface area contributed by atoms with Crippen molar-refractivity contribution in [2.24, 2.45) is 0 Å². The first-order valence-corrected chi connectivity index (χ1v) is 7.25. The Morgan fingerprint density at radius 1 is 1.15 bits per heavy atom. The summed E-state index contributed by atoms with van der Waals surface area (Å²) in [5.41, 5.74) is 1.79. The van der Waals surface area contributed by atoms with E-state index in [4.69, 9.17) is 9.84 Å². The minimum atomic E-state index is -0.512. The number of hydrogen-bond donors (Lipinski definition) is 2. The lowest BCUT2D eigenvalue weighted by Gasteiger charge is -2.13. The van der Waals surface area contributed by atoms with Crippen LogP contribution in [-0.4, -0.2) is 16.8 Å². The summed E-state index contributed by atoms with van der Waals surface area (Å²) in [4.78, 5) is 0. The largest absolute Gasteiger partial charge is 0.456 e. The van der Waals surface area contributed by atoms with Crippen molar-refractivity contribution in [3.8, 4) is 11.5 Å². The van der Waals surface area contributed by atoms with E-state index >= 15 is 0 Å². The highest BCUT2D eigenvalue weighted by molar-refractivity contribution is 9.10. The normalized spacial score (nSPS) is 12.2. The Hall–Kier alpha value is -1.36. The van der Waals surface area contributed by atoms with Crippen LogP contribution in [0.3, 0.4) is 0 Å². The lowest BCUT2D eigenvalue weighted by molar-refractivity contribution is 0.199. The molecule has 20 heavy (non-hydrogen) atoms. The van der Waals surface area contributed by atoms with Gasteiger partial charge in [-0.05, 0) is 58.6 Å². The molecular formula is C16H17BrO3. The van der Waals surface area contributed by atoms with Crippen LogP contribution in [0, 0.1) is 0 Å². The second-order valence-electron chi connectivity index (χ2n) is 4.55. The van der Waals surface area contributed by atoms with E-state index in [9.17, 15) is 5.11 Å². The molecule has 0 fully saturated rings. The van der Waals surface area contributed by atoms with Crippen molar-refractivity contribution in [1.82, 2.24) is 0 Å². The molecule has 0 saturated carbocycles. The number of aliphatic hydroxyl groups excluding tert-OH is 2. The molecule has 4 heteroatoms. The minimum Gasteiger partial charge on any atom is -0.456 e. The maximum atomic E-state index is 9.55. The molecule has 0 aliphatic heterocycles. The Bertz CT molecular complexity index is 582. The molecule has 1 atom stereocenters. The van der Waals surface area contributed by atoms with Crippen molar-refractivity contribution in [3.63, 3.8) is 0 Å². The molecule has 0 aliphatic carbocycles. The Kier molecular flexibility index (Phi) is 5.17. The fourth-order valence-corrected chi connectivity index (χ4v) is 2.39. The SMILES string of the molecule is C[C@H](O)c1ccc(Oc2ccccc2CCO)c(Br)c1. The van der Waals surface area contributed by atoms with Crippen LogP contribution in [0.1, 0.15) is 24.2 Å². The average molecular weight is 337 g/mol. The molecular weight excluding hydrogens is 320 g/mol. The minimum absolute atomic E-state index is 0.0858. The molecule has 0 unspecified atom stereocenters. The molecule has 0 heterocycles. The van der Waals surface area contributed by atoms with Gasteiger partial charge in [0, 0.05) is 6.61 Å². The Morgan fingerprint density at radius 2 is 1.90 bits per heavy atom. The van der Waals surface area contributed by atoms with Crippen LogP contribution in [0.25, 0.3) is 0 Å². The molecule has 2 N–H and O–H groups in total. The Morgan fingerprint density at radius 3 is 2.55 bits per heavy atom. The number of halogens is 1. The van der Waals surface area contributed by atoms with Crippen molar-refractivity contribution in [1.29, 1.82) is 0 Å². The monoisotopic (exact) mass is 336 g/mol. The van der Waals surface area contributed by atoms with Crippen LogP contribution < -0.4 is 4.74 Å².